The first-order valence-electron chi connectivity index (χ1n) is 12.1. The summed E-state index contributed by atoms with van der Waals surface area (Å²) in [7, 11) is 0. The van der Waals surface area contributed by atoms with E-state index < -0.39 is 24.0 Å². The first-order chi connectivity index (χ1) is 16.5. The van der Waals surface area contributed by atoms with E-state index in [0.29, 0.717) is 50.6 Å². The molecule has 2 aliphatic rings. The number of Topliss-reactive ketones (excluding diaryl/α,β-unsaturated/α-hetero) is 1. The quantitative estimate of drug-likeness (QED) is 0.581. The molecular formula is C24H32N4O6. The molecule has 1 aliphatic heterocycles. The Morgan fingerprint density at radius 3 is 2.68 bits per heavy atom. The van der Waals surface area contributed by atoms with Crippen molar-refractivity contribution >= 4 is 29.0 Å². The summed E-state index contributed by atoms with van der Waals surface area (Å²) in [4.78, 5) is 48.8. The third-order valence-electron chi connectivity index (χ3n) is 6.51. The first kappa shape index (κ1) is 24.1. The monoisotopic (exact) mass is 472 g/mol. The van der Waals surface area contributed by atoms with Gasteiger partial charge in [-0.3, -0.25) is 9.59 Å². The van der Waals surface area contributed by atoms with Gasteiger partial charge in [0.05, 0.1) is 13.2 Å². The molecule has 2 atom stereocenters. The second kappa shape index (κ2) is 11.4. The topological polar surface area (TPSA) is 124 Å². The van der Waals surface area contributed by atoms with E-state index in [9.17, 15) is 14.4 Å². The lowest BCUT2D eigenvalue weighted by atomic mass is 9.85. The minimum absolute atomic E-state index is 0.121. The number of amides is 2. The van der Waals surface area contributed by atoms with E-state index in [1.54, 1.807) is 30.2 Å². The molecule has 184 valence electrons. The Bertz CT molecular complexity index is 963. The number of carbonyl (C=O) groups excluding carboxylic acids is 3. The van der Waals surface area contributed by atoms with E-state index in [1.165, 1.54) is 6.42 Å². The van der Waals surface area contributed by atoms with Gasteiger partial charge in [-0.15, -0.1) is 0 Å². The average molecular weight is 473 g/mol. The van der Waals surface area contributed by atoms with Crippen LogP contribution in [0.25, 0.3) is 11.2 Å². The van der Waals surface area contributed by atoms with Gasteiger partial charge in [0, 0.05) is 19.3 Å². The Morgan fingerprint density at radius 2 is 1.97 bits per heavy atom. The van der Waals surface area contributed by atoms with Gasteiger partial charge in [0.25, 0.3) is 11.8 Å². The van der Waals surface area contributed by atoms with Crippen LogP contribution < -0.4 is 5.32 Å². The molecule has 1 saturated heterocycles. The van der Waals surface area contributed by atoms with Crippen molar-refractivity contribution in [2.24, 2.45) is 5.92 Å². The lowest BCUT2D eigenvalue weighted by Crippen LogP contribution is -2.49. The van der Waals surface area contributed by atoms with Crippen molar-refractivity contribution in [2.75, 3.05) is 26.3 Å². The van der Waals surface area contributed by atoms with Gasteiger partial charge in [-0.1, -0.05) is 39.0 Å². The van der Waals surface area contributed by atoms with Crippen LogP contribution >= 0.6 is 0 Å². The highest BCUT2D eigenvalue weighted by atomic mass is 16.6. The van der Waals surface area contributed by atoms with E-state index >= 15 is 0 Å². The molecule has 4 rings (SSSR count). The van der Waals surface area contributed by atoms with E-state index in [2.05, 4.69) is 15.3 Å². The number of hydrogen-bond donors (Lipinski definition) is 1. The maximum absolute atomic E-state index is 13.2. The number of hydrogen-bond acceptors (Lipinski definition) is 8. The normalized spacial score (nSPS) is 18.9. The Morgan fingerprint density at radius 1 is 1.21 bits per heavy atom. The van der Waals surface area contributed by atoms with Crippen LogP contribution in [0.5, 0.6) is 0 Å². The molecule has 0 spiro atoms. The van der Waals surface area contributed by atoms with Gasteiger partial charge in [-0.2, -0.15) is 0 Å². The van der Waals surface area contributed by atoms with E-state index in [-0.39, 0.29) is 17.5 Å². The number of alkyl carbamates (subject to hydrolysis) is 1. The molecule has 0 unspecified atom stereocenters. The van der Waals surface area contributed by atoms with Gasteiger partial charge in [-0.05, 0) is 30.9 Å². The Labute approximate surface area is 198 Å². The van der Waals surface area contributed by atoms with Crippen LogP contribution in [-0.4, -0.2) is 71.1 Å². The van der Waals surface area contributed by atoms with Gasteiger partial charge in [0.15, 0.2) is 6.10 Å². The minimum Gasteiger partial charge on any atom is -0.436 e. The Hall–Kier alpha value is -3.01. The van der Waals surface area contributed by atoms with Gasteiger partial charge >= 0.3 is 6.09 Å². The van der Waals surface area contributed by atoms with Crippen LogP contribution in [-0.2, 0) is 14.3 Å². The van der Waals surface area contributed by atoms with Crippen molar-refractivity contribution < 1.29 is 28.3 Å². The molecule has 2 amide bonds. The third-order valence-corrected chi connectivity index (χ3v) is 6.51. The van der Waals surface area contributed by atoms with Crippen molar-refractivity contribution in [1.29, 1.82) is 0 Å². The molecule has 34 heavy (non-hydrogen) atoms. The lowest BCUT2D eigenvalue weighted by molar-refractivity contribution is -0.145. The van der Waals surface area contributed by atoms with E-state index in [0.717, 1.165) is 25.7 Å². The summed E-state index contributed by atoms with van der Waals surface area (Å²) in [6.45, 7) is 3.67. The molecule has 3 heterocycles. The number of oxazole rings is 1. The summed E-state index contributed by atoms with van der Waals surface area (Å²) in [5, 5.41) is 2.61. The van der Waals surface area contributed by atoms with Crippen LogP contribution in [0.15, 0.2) is 22.7 Å². The van der Waals surface area contributed by atoms with Crippen LogP contribution in [0.3, 0.4) is 0 Å². The summed E-state index contributed by atoms with van der Waals surface area (Å²) in [6.07, 6.45) is 6.18. The molecule has 1 saturated carbocycles. The number of ketones is 1. The number of rotatable bonds is 8. The van der Waals surface area contributed by atoms with E-state index in [4.69, 9.17) is 13.9 Å². The zero-order valence-electron chi connectivity index (χ0n) is 19.5. The van der Waals surface area contributed by atoms with Crippen molar-refractivity contribution in [1.82, 2.24) is 20.2 Å². The molecule has 1 N–H and O–H groups in total. The van der Waals surface area contributed by atoms with Crippen LogP contribution in [0.2, 0.25) is 0 Å². The number of fused-ring (bicyclic) bond motifs is 1. The predicted molar refractivity (Wildman–Crippen MR) is 122 cm³/mol. The molecule has 1 aliphatic carbocycles. The summed E-state index contributed by atoms with van der Waals surface area (Å²) in [5.41, 5.74) is 0.721. The maximum atomic E-state index is 13.2. The number of carbonyl (C=O) groups is 3. The highest BCUT2D eigenvalue weighted by Gasteiger charge is 2.33. The molecule has 10 nitrogen and oxygen atoms in total. The van der Waals surface area contributed by atoms with Gasteiger partial charge < -0.3 is 24.1 Å². The molecule has 0 radical (unpaired) electrons. The summed E-state index contributed by atoms with van der Waals surface area (Å²) in [6, 6.07) is 2.50. The molecule has 10 heteroatoms. The molecule has 0 bridgehead atoms. The van der Waals surface area contributed by atoms with Crippen molar-refractivity contribution in [3.05, 3.63) is 24.2 Å². The van der Waals surface area contributed by atoms with Crippen molar-refractivity contribution in [3.63, 3.8) is 0 Å². The van der Waals surface area contributed by atoms with E-state index in [1.807, 2.05) is 0 Å². The zero-order valence-corrected chi connectivity index (χ0v) is 19.5. The highest BCUT2D eigenvalue weighted by molar-refractivity contribution is 5.99. The Balaban J connectivity index is 1.42. The summed E-state index contributed by atoms with van der Waals surface area (Å²) in [5.74, 6) is -0.453. The summed E-state index contributed by atoms with van der Waals surface area (Å²) < 4.78 is 16.5. The molecule has 2 fully saturated rings. The number of morpholine rings is 1. The lowest BCUT2D eigenvalue weighted by Gasteiger charge is -2.32. The zero-order chi connectivity index (χ0) is 23.9. The number of aromatic nitrogens is 2. The highest BCUT2D eigenvalue weighted by Crippen LogP contribution is 2.29. The molecule has 0 aromatic carbocycles. The number of nitrogens with zero attached hydrogens (tertiary/aromatic N) is 3. The van der Waals surface area contributed by atoms with Crippen LogP contribution in [0, 0.1) is 5.92 Å². The number of nitrogens with one attached hydrogen (secondary N) is 1. The van der Waals surface area contributed by atoms with Gasteiger partial charge in [0.1, 0.15) is 11.6 Å². The summed E-state index contributed by atoms with van der Waals surface area (Å²) >= 11 is 0. The van der Waals surface area contributed by atoms with Crippen LogP contribution in [0.1, 0.15) is 62.6 Å². The fraction of sp³-hybridized carbons (Fsp3) is 0.625. The maximum Gasteiger partial charge on any atom is 0.408 e. The fourth-order valence-electron chi connectivity index (χ4n) is 4.60. The second-order valence-corrected chi connectivity index (χ2v) is 8.89. The standard InChI is InChI=1S/C24H32N4O6/c1-2-17(20(29)22-26-18-9-6-10-25-21(18)34-22)27-24(31)33-19(15-16-7-4-3-5-8-16)23(30)28-11-13-32-14-12-28/h6,9-10,16-17,19H,2-5,7-8,11-15H2,1H3,(H,27,31)/t17-,19-/m0/s1. The fourth-order valence-corrected chi connectivity index (χ4v) is 4.60. The number of pyridine rings is 1. The first-order valence-corrected chi connectivity index (χ1v) is 12.1. The molecular weight excluding hydrogens is 440 g/mol. The third kappa shape index (κ3) is 5.91. The van der Waals surface area contributed by atoms with Gasteiger partial charge in [0.2, 0.25) is 11.5 Å². The Kier molecular flexibility index (Phi) is 8.10. The predicted octanol–water partition coefficient (Wildman–Crippen LogP) is 3.11. The molecule has 2 aromatic rings. The smallest absolute Gasteiger partial charge is 0.408 e. The molecule has 2 aromatic heterocycles. The average Bonchev–Trinajstić information content (AvgIpc) is 3.31. The second-order valence-electron chi connectivity index (χ2n) is 8.89. The number of ether oxygens (including phenoxy) is 2. The minimum atomic E-state index is -0.894. The van der Waals surface area contributed by atoms with Crippen molar-refractivity contribution in [3.8, 4) is 0 Å². The van der Waals surface area contributed by atoms with Crippen molar-refractivity contribution in [2.45, 2.75) is 64.0 Å². The SMILES string of the molecule is CC[C@H](NC(=O)O[C@@H](CC1CCCCC1)C(=O)N1CCOCC1)C(=O)c1nc2cccnc2o1. The van der Waals surface area contributed by atoms with Gasteiger partial charge in [-0.25, -0.2) is 14.8 Å². The van der Waals surface area contributed by atoms with Crippen LogP contribution in [0.4, 0.5) is 4.79 Å². The largest absolute Gasteiger partial charge is 0.436 e.